The predicted octanol–water partition coefficient (Wildman–Crippen LogP) is 3.39. The summed E-state index contributed by atoms with van der Waals surface area (Å²) < 4.78 is 0. The molecule has 3 rings (SSSR count). The van der Waals surface area contributed by atoms with Crippen LogP contribution in [0.4, 0.5) is 5.69 Å². The van der Waals surface area contributed by atoms with Gasteiger partial charge in [-0.1, -0.05) is 37.8 Å². The minimum atomic E-state index is -0.264. The quantitative estimate of drug-likeness (QED) is 0.718. The van der Waals surface area contributed by atoms with E-state index < -0.39 is 0 Å². The molecule has 1 aliphatic carbocycles. The van der Waals surface area contributed by atoms with Crippen molar-refractivity contribution in [2.24, 2.45) is 0 Å². The molecular formula is C14H17NO. The summed E-state index contributed by atoms with van der Waals surface area (Å²) in [6.45, 7) is 0. The number of nitrogens with one attached hydrogen (secondary N) is 1. The van der Waals surface area contributed by atoms with Gasteiger partial charge in [-0.15, -0.1) is 0 Å². The van der Waals surface area contributed by atoms with Crippen molar-refractivity contribution in [3.8, 4) is 0 Å². The van der Waals surface area contributed by atoms with Crippen LogP contribution < -0.4 is 5.32 Å². The fourth-order valence-electron chi connectivity index (χ4n) is 3.05. The number of rotatable bonds is 0. The third kappa shape index (κ3) is 1.36. The second kappa shape index (κ2) is 3.62. The summed E-state index contributed by atoms with van der Waals surface area (Å²) in [6, 6.07) is 7.92. The predicted molar refractivity (Wildman–Crippen MR) is 64.8 cm³/mol. The Balaban J connectivity index is 1.98. The first kappa shape index (κ1) is 9.88. The van der Waals surface area contributed by atoms with E-state index in [1.54, 1.807) is 0 Å². The van der Waals surface area contributed by atoms with E-state index in [1.807, 2.05) is 24.3 Å². The molecule has 1 aliphatic heterocycles. The number of hydrogen-bond donors (Lipinski definition) is 1. The average molecular weight is 215 g/mol. The highest BCUT2D eigenvalue weighted by Crippen LogP contribution is 2.40. The van der Waals surface area contributed by atoms with E-state index in [9.17, 15) is 4.79 Å². The lowest BCUT2D eigenvalue weighted by atomic mass is 9.86. The second-order valence-electron chi connectivity index (χ2n) is 5.00. The zero-order chi connectivity index (χ0) is 11.0. The third-order valence-electron chi connectivity index (χ3n) is 3.94. The molecule has 0 atom stereocenters. The number of hydrogen-bond acceptors (Lipinski definition) is 2. The number of carbonyl (C=O) groups excluding carboxylic acids is 1. The normalized spacial score (nSPS) is 22.6. The van der Waals surface area contributed by atoms with Gasteiger partial charge in [-0.25, -0.2) is 0 Å². The Morgan fingerprint density at radius 2 is 1.69 bits per heavy atom. The Morgan fingerprint density at radius 3 is 2.38 bits per heavy atom. The van der Waals surface area contributed by atoms with E-state index in [0.29, 0.717) is 5.78 Å². The number of carbonyl (C=O) groups is 1. The van der Waals surface area contributed by atoms with Crippen molar-refractivity contribution in [2.75, 3.05) is 5.32 Å². The molecule has 2 nitrogen and oxygen atoms in total. The molecule has 2 heteroatoms. The molecule has 2 aliphatic rings. The maximum absolute atomic E-state index is 12.5. The first-order valence-electron chi connectivity index (χ1n) is 6.24. The van der Waals surface area contributed by atoms with E-state index in [0.717, 1.165) is 24.1 Å². The molecular weight excluding hydrogens is 198 g/mol. The fraction of sp³-hybridized carbons (Fsp3) is 0.500. The Labute approximate surface area is 96.1 Å². The summed E-state index contributed by atoms with van der Waals surface area (Å²) in [4.78, 5) is 12.5. The molecule has 1 saturated carbocycles. The molecule has 16 heavy (non-hydrogen) atoms. The molecule has 0 amide bonds. The highest BCUT2D eigenvalue weighted by molar-refractivity contribution is 6.13. The van der Waals surface area contributed by atoms with Crippen molar-refractivity contribution in [3.05, 3.63) is 29.8 Å². The van der Waals surface area contributed by atoms with E-state index in [2.05, 4.69) is 5.32 Å². The average Bonchev–Trinajstić information content (AvgIpc) is 2.49. The Bertz CT molecular complexity index is 416. The zero-order valence-corrected chi connectivity index (χ0v) is 9.46. The first-order chi connectivity index (χ1) is 7.82. The Morgan fingerprint density at radius 1 is 1.00 bits per heavy atom. The summed E-state index contributed by atoms with van der Waals surface area (Å²) in [5, 5.41) is 3.49. The lowest BCUT2D eigenvalue weighted by molar-refractivity contribution is 0.0906. The Hall–Kier alpha value is -1.31. The van der Waals surface area contributed by atoms with Gasteiger partial charge in [0.15, 0.2) is 5.78 Å². The van der Waals surface area contributed by atoms with E-state index in [-0.39, 0.29) is 5.54 Å². The number of fused-ring (bicyclic) bond motifs is 1. The lowest BCUT2D eigenvalue weighted by Crippen LogP contribution is -2.40. The van der Waals surface area contributed by atoms with Crippen LogP contribution in [0.2, 0.25) is 0 Å². The molecule has 0 bridgehead atoms. The monoisotopic (exact) mass is 215 g/mol. The van der Waals surface area contributed by atoms with Gasteiger partial charge in [0.1, 0.15) is 5.54 Å². The van der Waals surface area contributed by atoms with Gasteiger partial charge in [0.2, 0.25) is 0 Å². The minimum Gasteiger partial charge on any atom is -0.372 e. The smallest absolute Gasteiger partial charge is 0.190 e. The maximum atomic E-state index is 12.5. The van der Waals surface area contributed by atoms with Crippen molar-refractivity contribution >= 4 is 11.5 Å². The molecule has 1 heterocycles. The zero-order valence-electron chi connectivity index (χ0n) is 9.46. The van der Waals surface area contributed by atoms with Crippen molar-refractivity contribution < 1.29 is 4.79 Å². The van der Waals surface area contributed by atoms with Gasteiger partial charge in [-0.05, 0) is 25.0 Å². The topological polar surface area (TPSA) is 29.1 Å². The second-order valence-corrected chi connectivity index (χ2v) is 5.00. The van der Waals surface area contributed by atoms with Crippen LogP contribution >= 0.6 is 0 Å². The van der Waals surface area contributed by atoms with Gasteiger partial charge < -0.3 is 5.32 Å². The highest BCUT2D eigenvalue weighted by Gasteiger charge is 2.44. The number of Topliss-reactive ketones (excluding diaryl/α,β-unsaturated/α-hetero) is 1. The van der Waals surface area contributed by atoms with Crippen LogP contribution in [-0.2, 0) is 0 Å². The summed E-state index contributed by atoms with van der Waals surface area (Å²) >= 11 is 0. The van der Waals surface area contributed by atoms with Crippen molar-refractivity contribution in [1.82, 2.24) is 0 Å². The molecule has 84 valence electrons. The summed E-state index contributed by atoms with van der Waals surface area (Å²) in [6.07, 6.45) is 6.89. The van der Waals surface area contributed by atoms with Crippen LogP contribution in [0.1, 0.15) is 48.9 Å². The minimum absolute atomic E-state index is 0.264. The van der Waals surface area contributed by atoms with Crippen LogP contribution in [-0.4, -0.2) is 11.3 Å². The summed E-state index contributed by atoms with van der Waals surface area (Å²) in [5.74, 6) is 0.324. The maximum Gasteiger partial charge on any atom is 0.190 e. The summed E-state index contributed by atoms with van der Waals surface area (Å²) in [5.41, 5.74) is 1.67. The number of para-hydroxylation sites is 1. The van der Waals surface area contributed by atoms with Crippen LogP contribution in [0.15, 0.2) is 24.3 Å². The van der Waals surface area contributed by atoms with Gasteiger partial charge in [0.25, 0.3) is 0 Å². The van der Waals surface area contributed by atoms with E-state index >= 15 is 0 Å². The SMILES string of the molecule is O=C1c2ccccc2NC12CCCCCC2. The van der Waals surface area contributed by atoms with Gasteiger partial charge in [-0.2, -0.15) is 0 Å². The first-order valence-corrected chi connectivity index (χ1v) is 6.24. The van der Waals surface area contributed by atoms with Crippen LogP contribution in [0, 0.1) is 0 Å². The van der Waals surface area contributed by atoms with Crippen LogP contribution in [0.25, 0.3) is 0 Å². The molecule has 1 fully saturated rings. The van der Waals surface area contributed by atoms with Crippen molar-refractivity contribution in [2.45, 2.75) is 44.1 Å². The summed E-state index contributed by atoms with van der Waals surface area (Å²) in [7, 11) is 0. The van der Waals surface area contributed by atoms with Crippen molar-refractivity contribution in [1.29, 1.82) is 0 Å². The van der Waals surface area contributed by atoms with Crippen molar-refractivity contribution in [3.63, 3.8) is 0 Å². The lowest BCUT2D eigenvalue weighted by Gasteiger charge is -2.26. The number of anilines is 1. The highest BCUT2D eigenvalue weighted by atomic mass is 16.1. The molecule has 1 aromatic carbocycles. The molecule has 0 radical (unpaired) electrons. The Kier molecular flexibility index (Phi) is 2.23. The van der Waals surface area contributed by atoms with Crippen LogP contribution in [0.5, 0.6) is 0 Å². The van der Waals surface area contributed by atoms with Gasteiger partial charge in [-0.3, -0.25) is 4.79 Å². The molecule has 0 unspecified atom stereocenters. The molecule has 1 N–H and O–H groups in total. The number of ketones is 1. The van der Waals surface area contributed by atoms with E-state index in [1.165, 1.54) is 25.7 Å². The molecule has 1 spiro atoms. The standard InChI is InChI=1S/C14H17NO/c16-13-11-7-3-4-8-12(11)15-14(13)9-5-1-2-6-10-14/h3-4,7-8,15H,1-2,5-6,9-10H2. The van der Waals surface area contributed by atoms with Gasteiger partial charge in [0, 0.05) is 11.3 Å². The molecule has 0 aromatic heterocycles. The largest absolute Gasteiger partial charge is 0.372 e. The van der Waals surface area contributed by atoms with Gasteiger partial charge in [0.05, 0.1) is 0 Å². The third-order valence-corrected chi connectivity index (χ3v) is 3.94. The molecule has 1 aromatic rings. The molecule has 0 saturated heterocycles. The van der Waals surface area contributed by atoms with E-state index in [4.69, 9.17) is 0 Å². The number of benzene rings is 1. The van der Waals surface area contributed by atoms with Gasteiger partial charge >= 0.3 is 0 Å². The fourth-order valence-corrected chi connectivity index (χ4v) is 3.05. The van der Waals surface area contributed by atoms with Crippen LogP contribution in [0.3, 0.4) is 0 Å².